The molecule has 1 heterocycles. The minimum absolute atomic E-state index is 0.334. The van der Waals surface area contributed by atoms with Crippen molar-refractivity contribution in [3.05, 3.63) is 114 Å². The van der Waals surface area contributed by atoms with Crippen molar-refractivity contribution in [3.8, 4) is 11.1 Å². The molecule has 0 radical (unpaired) electrons. The van der Waals surface area contributed by atoms with Gasteiger partial charge >= 0.3 is 5.97 Å². The molecular formula is C32H29NO2. The Morgan fingerprint density at radius 2 is 1.43 bits per heavy atom. The van der Waals surface area contributed by atoms with Gasteiger partial charge in [-0.15, -0.1) is 0 Å². The standard InChI is InChI=1S/C32H29NO2/c1-32(2,3)35-31(34)20-16-23-15-19-30-28(21-23)27-11-7-8-12-29(27)33(30)22-24-13-17-26(18-14-24)25-9-5-4-6-10-25/h4-21H,22H2,1-3H3. The zero-order valence-corrected chi connectivity index (χ0v) is 20.4. The van der Waals surface area contributed by atoms with E-state index in [4.69, 9.17) is 4.74 Å². The van der Waals surface area contributed by atoms with Gasteiger partial charge in [0.15, 0.2) is 0 Å². The number of hydrogen-bond donors (Lipinski definition) is 0. The maximum Gasteiger partial charge on any atom is 0.331 e. The normalized spacial score (nSPS) is 12.0. The summed E-state index contributed by atoms with van der Waals surface area (Å²) >= 11 is 0. The number of esters is 1. The highest BCUT2D eigenvalue weighted by Gasteiger charge is 2.14. The van der Waals surface area contributed by atoms with Crippen LogP contribution >= 0.6 is 0 Å². The quantitative estimate of drug-likeness (QED) is 0.198. The number of fused-ring (bicyclic) bond motifs is 3. The number of hydrogen-bond acceptors (Lipinski definition) is 2. The lowest BCUT2D eigenvalue weighted by atomic mass is 10.0. The van der Waals surface area contributed by atoms with Crippen LogP contribution < -0.4 is 0 Å². The second-order valence-electron chi connectivity index (χ2n) is 9.81. The molecule has 0 N–H and O–H groups in total. The smallest absolute Gasteiger partial charge is 0.331 e. The Balaban J connectivity index is 1.47. The third-order valence-corrected chi connectivity index (χ3v) is 6.02. The summed E-state index contributed by atoms with van der Waals surface area (Å²) in [5.74, 6) is -0.334. The molecular weight excluding hydrogens is 430 g/mol. The minimum Gasteiger partial charge on any atom is -0.457 e. The van der Waals surface area contributed by atoms with Crippen molar-refractivity contribution in [2.24, 2.45) is 0 Å². The first-order valence-corrected chi connectivity index (χ1v) is 11.9. The monoisotopic (exact) mass is 459 g/mol. The average molecular weight is 460 g/mol. The number of aromatic nitrogens is 1. The highest BCUT2D eigenvalue weighted by atomic mass is 16.6. The minimum atomic E-state index is -0.502. The van der Waals surface area contributed by atoms with Gasteiger partial charge < -0.3 is 9.30 Å². The van der Waals surface area contributed by atoms with Crippen LogP contribution in [0.2, 0.25) is 0 Å². The number of ether oxygens (including phenoxy) is 1. The van der Waals surface area contributed by atoms with E-state index in [1.165, 1.54) is 44.6 Å². The van der Waals surface area contributed by atoms with Crippen LogP contribution in [0.15, 0.2) is 103 Å². The Hall–Kier alpha value is -4.11. The number of carbonyl (C=O) groups excluding carboxylic acids is 1. The van der Waals surface area contributed by atoms with Crippen molar-refractivity contribution in [2.45, 2.75) is 32.9 Å². The van der Waals surface area contributed by atoms with E-state index >= 15 is 0 Å². The molecule has 5 aromatic rings. The third kappa shape index (κ3) is 5.04. The molecule has 0 aliphatic heterocycles. The predicted molar refractivity (Wildman–Crippen MR) is 145 cm³/mol. The van der Waals surface area contributed by atoms with E-state index in [0.717, 1.165) is 12.1 Å². The highest BCUT2D eigenvalue weighted by Crippen LogP contribution is 2.31. The van der Waals surface area contributed by atoms with Crippen LogP contribution in [-0.4, -0.2) is 16.1 Å². The molecule has 3 heteroatoms. The second kappa shape index (κ2) is 9.27. The van der Waals surface area contributed by atoms with Gasteiger partial charge in [-0.05, 0) is 67.3 Å². The van der Waals surface area contributed by atoms with Crippen LogP contribution in [-0.2, 0) is 16.1 Å². The molecule has 0 aliphatic carbocycles. The van der Waals surface area contributed by atoms with Crippen molar-refractivity contribution >= 4 is 33.9 Å². The molecule has 0 spiro atoms. The summed E-state index contributed by atoms with van der Waals surface area (Å²) in [5, 5.41) is 2.38. The molecule has 0 saturated carbocycles. The molecule has 5 rings (SSSR count). The molecule has 0 amide bonds. The van der Waals surface area contributed by atoms with Gasteiger partial charge in [0.2, 0.25) is 0 Å². The van der Waals surface area contributed by atoms with E-state index in [-0.39, 0.29) is 5.97 Å². The Morgan fingerprint density at radius 3 is 2.17 bits per heavy atom. The predicted octanol–water partition coefficient (Wildman–Crippen LogP) is 7.86. The van der Waals surface area contributed by atoms with E-state index < -0.39 is 5.60 Å². The van der Waals surface area contributed by atoms with Gasteiger partial charge in [-0.3, -0.25) is 0 Å². The van der Waals surface area contributed by atoms with E-state index in [9.17, 15) is 4.79 Å². The molecule has 0 saturated heterocycles. The Labute approximate surface area is 206 Å². The molecule has 35 heavy (non-hydrogen) atoms. The van der Waals surface area contributed by atoms with Gasteiger partial charge in [-0.1, -0.05) is 78.9 Å². The Bertz CT molecular complexity index is 1520. The fourth-order valence-corrected chi connectivity index (χ4v) is 4.46. The summed E-state index contributed by atoms with van der Waals surface area (Å²) in [6.45, 7) is 6.39. The van der Waals surface area contributed by atoms with Gasteiger partial charge in [-0.2, -0.15) is 0 Å². The number of nitrogens with zero attached hydrogens (tertiary/aromatic N) is 1. The number of carbonyl (C=O) groups is 1. The van der Waals surface area contributed by atoms with Crippen molar-refractivity contribution in [3.63, 3.8) is 0 Å². The van der Waals surface area contributed by atoms with Gasteiger partial charge in [0, 0.05) is 34.4 Å². The van der Waals surface area contributed by atoms with E-state index in [2.05, 4.69) is 95.6 Å². The topological polar surface area (TPSA) is 31.2 Å². The lowest BCUT2D eigenvalue weighted by Gasteiger charge is -2.17. The van der Waals surface area contributed by atoms with Crippen LogP contribution in [0.3, 0.4) is 0 Å². The molecule has 0 bridgehead atoms. The summed E-state index contributed by atoms with van der Waals surface area (Å²) in [5.41, 5.74) is 6.54. The van der Waals surface area contributed by atoms with Crippen molar-refractivity contribution in [1.82, 2.24) is 4.57 Å². The van der Waals surface area contributed by atoms with Gasteiger partial charge in [0.1, 0.15) is 5.60 Å². The summed E-state index contributed by atoms with van der Waals surface area (Å²) < 4.78 is 7.76. The lowest BCUT2D eigenvalue weighted by Crippen LogP contribution is -2.22. The average Bonchev–Trinajstić information content (AvgIpc) is 3.16. The highest BCUT2D eigenvalue weighted by molar-refractivity contribution is 6.08. The zero-order chi connectivity index (χ0) is 24.4. The van der Waals surface area contributed by atoms with Crippen molar-refractivity contribution < 1.29 is 9.53 Å². The number of para-hydroxylation sites is 1. The third-order valence-electron chi connectivity index (χ3n) is 6.02. The molecule has 4 aromatic carbocycles. The first-order chi connectivity index (χ1) is 16.9. The Kier molecular flexibility index (Phi) is 6.00. The maximum absolute atomic E-state index is 12.1. The van der Waals surface area contributed by atoms with E-state index in [0.29, 0.717) is 0 Å². The van der Waals surface area contributed by atoms with Gasteiger partial charge in [-0.25, -0.2) is 4.79 Å². The summed E-state index contributed by atoms with van der Waals surface area (Å²) in [7, 11) is 0. The van der Waals surface area contributed by atoms with Crippen LogP contribution in [0.25, 0.3) is 39.0 Å². The van der Waals surface area contributed by atoms with Crippen molar-refractivity contribution in [2.75, 3.05) is 0 Å². The second-order valence-corrected chi connectivity index (χ2v) is 9.81. The van der Waals surface area contributed by atoms with E-state index in [1.54, 1.807) is 0 Å². The van der Waals surface area contributed by atoms with Gasteiger partial charge in [0.05, 0.1) is 0 Å². The molecule has 174 valence electrons. The van der Waals surface area contributed by atoms with Crippen molar-refractivity contribution in [1.29, 1.82) is 0 Å². The summed E-state index contributed by atoms with van der Waals surface area (Å²) in [6.07, 6.45) is 3.32. The number of benzene rings is 4. The first-order valence-electron chi connectivity index (χ1n) is 11.9. The SMILES string of the molecule is CC(C)(C)OC(=O)C=Cc1ccc2c(c1)c1ccccc1n2Cc1ccc(-c2ccccc2)cc1. The molecule has 0 fully saturated rings. The first kappa shape index (κ1) is 22.7. The molecule has 0 unspecified atom stereocenters. The fourth-order valence-electron chi connectivity index (χ4n) is 4.46. The van der Waals surface area contributed by atoms with Crippen LogP contribution in [0.5, 0.6) is 0 Å². The molecule has 1 aromatic heterocycles. The lowest BCUT2D eigenvalue weighted by molar-refractivity contribution is -0.148. The molecule has 0 aliphatic rings. The van der Waals surface area contributed by atoms with E-state index in [1.807, 2.05) is 32.9 Å². The van der Waals surface area contributed by atoms with Gasteiger partial charge in [0.25, 0.3) is 0 Å². The largest absolute Gasteiger partial charge is 0.457 e. The number of rotatable bonds is 5. The van der Waals surface area contributed by atoms with Crippen LogP contribution in [0.4, 0.5) is 0 Å². The zero-order valence-electron chi connectivity index (χ0n) is 20.4. The maximum atomic E-state index is 12.1. The summed E-state index contributed by atoms with van der Waals surface area (Å²) in [4.78, 5) is 12.1. The van der Waals surface area contributed by atoms with Crippen LogP contribution in [0.1, 0.15) is 31.9 Å². The Morgan fingerprint density at radius 1 is 0.771 bits per heavy atom. The molecule has 3 nitrogen and oxygen atoms in total. The summed E-state index contributed by atoms with van der Waals surface area (Å²) in [6, 6.07) is 34.1. The fraction of sp³-hybridized carbons (Fsp3) is 0.156. The molecule has 0 atom stereocenters. The van der Waals surface area contributed by atoms with Crippen LogP contribution in [0, 0.1) is 0 Å².